The Morgan fingerprint density at radius 1 is 1.31 bits per heavy atom. The first-order valence-corrected chi connectivity index (χ1v) is 10.1. The van der Waals surface area contributed by atoms with Crippen LogP contribution in [0.2, 0.25) is 0 Å². The Bertz CT molecular complexity index is 851. The number of rotatable bonds is 8. The summed E-state index contributed by atoms with van der Waals surface area (Å²) in [4.78, 5) is 15.1. The van der Waals surface area contributed by atoms with Gasteiger partial charge in [-0.1, -0.05) is 19.1 Å². The Hall–Kier alpha value is -1.94. The number of benzene rings is 1. The number of halogens is 1. The van der Waals surface area contributed by atoms with E-state index in [0.717, 1.165) is 14.9 Å². The first-order valence-electron chi connectivity index (χ1n) is 8.18. The number of hydrogen-bond donors (Lipinski definition) is 0. The molecule has 1 aromatic carbocycles. The van der Waals surface area contributed by atoms with Crippen LogP contribution in [0.3, 0.4) is 0 Å². The van der Waals surface area contributed by atoms with Crippen molar-refractivity contribution in [2.75, 3.05) is 13.2 Å². The second kappa shape index (κ2) is 9.13. The molecule has 0 aliphatic heterocycles. The molecule has 0 aliphatic carbocycles. The smallest absolute Gasteiger partial charge is 0.260 e. The van der Waals surface area contributed by atoms with Crippen LogP contribution in [0.4, 0.5) is 0 Å². The molecule has 0 saturated carbocycles. The summed E-state index contributed by atoms with van der Waals surface area (Å²) in [6.07, 6.45) is 0.834. The van der Waals surface area contributed by atoms with E-state index in [1.165, 1.54) is 11.3 Å². The number of aromatic nitrogens is 2. The van der Waals surface area contributed by atoms with Gasteiger partial charge in [0.15, 0.2) is 6.61 Å². The van der Waals surface area contributed by atoms with Crippen LogP contribution >= 0.6 is 33.9 Å². The second-order valence-electron chi connectivity index (χ2n) is 5.54. The van der Waals surface area contributed by atoms with E-state index in [1.807, 2.05) is 48.7 Å². The molecule has 0 aliphatic rings. The van der Waals surface area contributed by atoms with Crippen LogP contribution < -0.4 is 4.74 Å². The molecule has 3 rings (SSSR count). The molecule has 0 radical (unpaired) electrons. The number of hydrogen-bond acceptors (Lipinski definition) is 6. The molecule has 3 aromatic rings. The summed E-state index contributed by atoms with van der Waals surface area (Å²) in [5, 5.41) is 10.1. The molecule has 2 heterocycles. The van der Waals surface area contributed by atoms with E-state index in [4.69, 9.17) is 9.15 Å². The molecule has 2 aromatic heterocycles. The maximum Gasteiger partial charge on any atom is 0.260 e. The van der Waals surface area contributed by atoms with Gasteiger partial charge in [0.05, 0.1) is 11.4 Å². The number of nitrogens with zero attached hydrogens (tertiary/aromatic N) is 3. The Balaban J connectivity index is 1.62. The summed E-state index contributed by atoms with van der Waals surface area (Å²) in [7, 11) is 0. The van der Waals surface area contributed by atoms with E-state index >= 15 is 0 Å². The third-order valence-electron chi connectivity index (χ3n) is 3.53. The molecule has 0 spiro atoms. The Morgan fingerprint density at radius 3 is 2.92 bits per heavy atom. The summed E-state index contributed by atoms with van der Waals surface area (Å²) < 4.78 is 12.4. The molecular weight excluding hydrogens is 465 g/mol. The van der Waals surface area contributed by atoms with E-state index in [9.17, 15) is 4.79 Å². The summed E-state index contributed by atoms with van der Waals surface area (Å²) in [6.45, 7) is 2.88. The van der Waals surface area contributed by atoms with E-state index in [0.29, 0.717) is 24.1 Å². The lowest BCUT2D eigenvalue weighted by Gasteiger charge is -2.20. The van der Waals surface area contributed by atoms with Crippen molar-refractivity contribution >= 4 is 39.8 Å². The molecule has 0 unspecified atom stereocenters. The van der Waals surface area contributed by atoms with Gasteiger partial charge >= 0.3 is 0 Å². The zero-order chi connectivity index (χ0) is 18.4. The van der Waals surface area contributed by atoms with E-state index in [1.54, 1.807) is 4.90 Å². The van der Waals surface area contributed by atoms with Crippen molar-refractivity contribution in [1.82, 2.24) is 15.1 Å². The predicted octanol–water partition coefficient (Wildman–Crippen LogP) is 4.22. The molecule has 6 nitrogen and oxygen atoms in total. The van der Waals surface area contributed by atoms with Crippen LogP contribution in [0.15, 0.2) is 46.2 Å². The highest BCUT2D eigenvalue weighted by molar-refractivity contribution is 14.1. The standard InChI is InChI=1S/C18H18IN3O3S/c1-2-8-22(17(23)12-24-14-6-3-5-13(19)10-14)11-16-20-21-18(25-16)15-7-4-9-26-15/h3-7,9-10H,2,8,11-12H2,1H3. The minimum absolute atomic E-state index is 0.0218. The lowest BCUT2D eigenvalue weighted by molar-refractivity contribution is -0.134. The third-order valence-corrected chi connectivity index (χ3v) is 5.06. The molecule has 0 N–H and O–H groups in total. The molecular formula is C18H18IN3O3S. The summed E-state index contributed by atoms with van der Waals surface area (Å²) >= 11 is 3.74. The zero-order valence-electron chi connectivity index (χ0n) is 14.2. The average molecular weight is 483 g/mol. The maximum atomic E-state index is 12.5. The van der Waals surface area contributed by atoms with Crippen LogP contribution in [-0.4, -0.2) is 34.2 Å². The van der Waals surface area contributed by atoms with Crippen LogP contribution in [0, 0.1) is 3.57 Å². The average Bonchev–Trinajstić information content (AvgIpc) is 3.31. The molecule has 1 amide bonds. The molecule has 8 heteroatoms. The van der Waals surface area contributed by atoms with Gasteiger partial charge in [0.25, 0.3) is 11.8 Å². The predicted molar refractivity (Wildman–Crippen MR) is 108 cm³/mol. The molecule has 136 valence electrons. The second-order valence-corrected chi connectivity index (χ2v) is 7.73. The molecule has 0 atom stereocenters. The van der Waals surface area contributed by atoms with Crippen molar-refractivity contribution in [2.24, 2.45) is 0 Å². The fourth-order valence-electron chi connectivity index (χ4n) is 2.34. The van der Waals surface area contributed by atoms with E-state index < -0.39 is 0 Å². The Labute approximate surface area is 169 Å². The summed E-state index contributed by atoms with van der Waals surface area (Å²) in [5.74, 6) is 1.47. The van der Waals surface area contributed by atoms with Gasteiger partial charge in [-0.3, -0.25) is 4.79 Å². The van der Waals surface area contributed by atoms with Crippen LogP contribution in [0.5, 0.6) is 5.75 Å². The highest BCUT2D eigenvalue weighted by atomic mass is 127. The number of carbonyl (C=O) groups is 1. The quantitative estimate of drug-likeness (QED) is 0.449. The molecule has 0 bridgehead atoms. The fourth-order valence-corrected chi connectivity index (χ4v) is 3.49. The lowest BCUT2D eigenvalue weighted by atomic mass is 10.3. The summed E-state index contributed by atoms with van der Waals surface area (Å²) in [6, 6.07) is 11.5. The van der Waals surface area contributed by atoms with E-state index in [2.05, 4.69) is 32.8 Å². The summed E-state index contributed by atoms with van der Waals surface area (Å²) in [5.41, 5.74) is 0. The maximum absolute atomic E-state index is 12.5. The topological polar surface area (TPSA) is 68.5 Å². The lowest BCUT2D eigenvalue weighted by Crippen LogP contribution is -2.35. The van der Waals surface area contributed by atoms with Crippen molar-refractivity contribution in [3.8, 4) is 16.5 Å². The SMILES string of the molecule is CCCN(Cc1nnc(-c2cccs2)o1)C(=O)COc1cccc(I)c1. The van der Waals surface area contributed by atoms with Crippen LogP contribution in [0.1, 0.15) is 19.2 Å². The van der Waals surface area contributed by atoms with Gasteiger partial charge < -0.3 is 14.1 Å². The Kier molecular flexibility index (Phi) is 6.62. The fraction of sp³-hybridized carbons (Fsp3) is 0.278. The zero-order valence-corrected chi connectivity index (χ0v) is 17.2. The molecule has 0 saturated heterocycles. The highest BCUT2D eigenvalue weighted by Crippen LogP contribution is 2.23. The van der Waals surface area contributed by atoms with Gasteiger partial charge in [0.2, 0.25) is 5.89 Å². The van der Waals surface area contributed by atoms with Gasteiger partial charge in [-0.2, -0.15) is 0 Å². The number of carbonyl (C=O) groups excluding carboxylic acids is 1. The number of amides is 1. The first kappa shape index (κ1) is 18.8. The van der Waals surface area contributed by atoms with Gasteiger partial charge in [-0.15, -0.1) is 21.5 Å². The van der Waals surface area contributed by atoms with Crippen molar-refractivity contribution in [3.05, 3.63) is 51.2 Å². The van der Waals surface area contributed by atoms with Gasteiger partial charge in [0, 0.05) is 10.1 Å². The van der Waals surface area contributed by atoms with Gasteiger partial charge in [0.1, 0.15) is 5.75 Å². The minimum atomic E-state index is -0.110. The Morgan fingerprint density at radius 2 is 2.19 bits per heavy atom. The van der Waals surface area contributed by atoms with Crippen molar-refractivity contribution in [3.63, 3.8) is 0 Å². The largest absolute Gasteiger partial charge is 0.484 e. The van der Waals surface area contributed by atoms with Crippen molar-refractivity contribution in [1.29, 1.82) is 0 Å². The van der Waals surface area contributed by atoms with Crippen LogP contribution in [-0.2, 0) is 11.3 Å². The molecule has 26 heavy (non-hydrogen) atoms. The van der Waals surface area contributed by atoms with E-state index in [-0.39, 0.29) is 19.1 Å². The van der Waals surface area contributed by atoms with Crippen molar-refractivity contribution in [2.45, 2.75) is 19.9 Å². The first-order chi connectivity index (χ1) is 12.7. The number of ether oxygens (including phenoxy) is 1. The third kappa shape index (κ3) is 5.04. The monoisotopic (exact) mass is 483 g/mol. The number of thiophene rings is 1. The van der Waals surface area contributed by atoms with Gasteiger partial charge in [-0.25, -0.2) is 0 Å². The highest BCUT2D eigenvalue weighted by Gasteiger charge is 2.18. The minimum Gasteiger partial charge on any atom is -0.484 e. The van der Waals surface area contributed by atoms with Crippen molar-refractivity contribution < 1.29 is 13.9 Å². The van der Waals surface area contributed by atoms with Crippen LogP contribution in [0.25, 0.3) is 10.8 Å². The van der Waals surface area contributed by atoms with Gasteiger partial charge in [-0.05, 0) is 58.7 Å². The normalized spacial score (nSPS) is 10.7. The molecule has 0 fully saturated rings.